The first-order valence-corrected chi connectivity index (χ1v) is 6.82. The monoisotopic (exact) mass is 328 g/mol. The van der Waals surface area contributed by atoms with E-state index in [2.05, 4.69) is 21.2 Å². The van der Waals surface area contributed by atoms with Crippen molar-refractivity contribution in [2.24, 2.45) is 0 Å². The van der Waals surface area contributed by atoms with Gasteiger partial charge >= 0.3 is 0 Å². The van der Waals surface area contributed by atoms with E-state index in [1.54, 1.807) is 25.3 Å². The predicted molar refractivity (Wildman–Crippen MR) is 76.1 cm³/mol. The minimum atomic E-state index is -0.414. The quantitative estimate of drug-likeness (QED) is 0.823. The van der Waals surface area contributed by atoms with Gasteiger partial charge in [-0.2, -0.15) is 0 Å². The number of anilines is 1. The summed E-state index contributed by atoms with van der Waals surface area (Å²) in [5.74, 6) is -0.178. The molecule has 1 aromatic carbocycles. The summed E-state index contributed by atoms with van der Waals surface area (Å²) in [6, 6.07) is 5.14. The Hall–Kier alpha value is -1.11. The number of carbonyl (C=O) groups excluding carboxylic acids is 1. The highest BCUT2D eigenvalue weighted by atomic mass is 79.9. The molecule has 0 spiro atoms. The molecule has 0 radical (unpaired) electrons. The number of benzene rings is 1. The second kappa shape index (κ2) is 5.90. The van der Waals surface area contributed by atoms with E-state index >= 15 is 0 Å². The Bertz CT molecular complexity index is 473. The maximum atomic E-state index is 12.1. The second-order valence-corrected chi connectivity index (χ2v) is 5.47. The zero-order valence-corrected chi connectivity index (χ0v) is 12.3. The van der Waals surface area contributed by atoms with E-state index < -0.39 is 5.60 Å². The molecule has 1 heterocycles. The van der Waals surface area contributed by atoms with Crippen LogP contribution in [0.2, 0.25) is 0 Å². The maximum Gasteiger partial charge on any atom is 0.252 e. The van der Waals surface area contributed by atoms with Crippen molar-refractivity contribution in [3.63, 3.8) is 0 Å². The van der Waals surface area contributed by atoms with E-state index in [1.807, 2.05) is 0 Å². The third-order valence-corrected chi connectivity index (χ3v) is 4.00. The zero-order valence-electron chi connectivity index (χ0n) is 10.7. The maximum absolute atomic E-state index is 12.1. The van der Waals surface area contributed by atoms with Gasteiger partial charge in [-0.25, -0.2) is 0 Å². The number of nitrogens with two attached hydrogens (primary N) is 1. The van der Waals surface area contributed by atoms with Crippen LogP contribution in [-0.2, 0) is 9.47 Å². The standard InChI is InChI=1S/C13H17BrN2O3/c1-18-13(4-5-19-8-13)7-16-12(17)10-6-9(15)2-3-11(10)14/h2-3,6H,4-5,7-8,15H2,1H3,(H,16,17). The van der Waals surface area contributed by atoms with Gasteiger partial charge in [-0.1, -0.05) is 0 Å². The van der Waals surface area contributed by atoms with Gasteiger partial charge < -0.3 is 20.5 Å². The van der Waals surface area contributed by atoms with Crippen LogP contribution in [0.15, 0.2) is 22.7 Å². The van der Waals surface area contributed by atoms with Gasteiger partial charge in [0.05, 0.1) is 12.2 Å². The second-order valence-electron chi connectivity index (χ2n) is 4.61. The van der Waals surface area contributed by atoms with E-state index in [4.69, 9.17) is 15.2 Å². The minimum Gasteiger partial charge on any atom is -0.399 e. The molecule has 1 aromatic rings. The lowest BCUT2D eigenvalue weighted by atomic mass is 10.0. The molecule has 1 saturated heterocycles. The SMILES string of the molecule is COC1(CNC(=O)c2cc(N)ccc2Br)CCOC1. The van der Waals surface area contributed by atoms with Crippen LogP contribution in [0.4, 0.5) is 5.69 Å². The van der Waals surface area contributed by atoms with Crippen molar-refractivity contribution in [2.45, 2.75) is 12.0 Å². The van der Waals surface area contributed by atoms with Gasteiger partial charge in [-0.3, -0.25) is 4.79 Å². The molecular weight excluding hydrogens is 312 g/mol. The summed E-state index contributed by atoms with van der Waals surface area (Å²) in [7, 11) is 1.64. The smallest absolute Gasteiger partial charge is 0.252 e. The van der Waals surface area contributed by atoms with Crippen LogP contribution in [-0.4, -0.2) is 38.4 Å². The summed E-state index contributed by atoms with van der Waals surface area (Å²) < 4.78 is 11.5. The molecule has 0 aromatic heterocycles. The van der Waals surface area contributed by atoms with Gasteiger partial charge in [-0.15, -0.1) is 0 Å². The fraction of sp³-hybridized carbons (Fsp3) is 0.462. The topological polar surface area (TPSA) is 73.6 Å². The highest BCUT2D eigenvalue weighted by Crippen LogP contribution is 2.23. The highest BCUT2D eigenvalue weighted by molar-refractivity contribution is 9.10. The average Bonchev–Trinajstić information content (AvgIpc) is 2.88. The fourth-order valence-corrected chi connectivity index (χ4v) is 2.44. The Morgan fingerprint density at radius 3 is 3.05 bits per heavy atom. The zero-order chi connectivity index (χ0) is 13.9. The number of ether oxygens (including phenoxy) is 2. The molecule has 1 aliphatic rings. The molecule has 2 rings (SSSR count). The van der Waals surface area contributed by atoms with Gasteiger partial charge in [0.1, 0.15) is 5.60 Å². The number of methoxy groups -OCH3 is 1. The molecule has 1 aliphatic heterocycles. The van der Waals surface area contributed by atoms with Crippen LogP contribution in [0.5, 0.6) is 0 Å². The van der Waals surface area contributed by atoms with Crippen LogP contribution < -0.4 is 11.1 Å². The predicted octanol–water partition coefficient (Wildman–Crippen LogP) is 1.57. The first-order valence-electron chi connectivity index (χ1n) is 6.02. The molecule has 19 heavy (non-hydrogen) atoms. The molecule has 6 heteroatoms. The molecule has 104 valence electrons. The Morgan fingerprint density at radius 1 is 1.63 bits per heavy atom. The Labute approximate surface area is 120 Å². The van der Waals surface area contributed by atoms with Crippen LogP contribution >= 0.6 is 15.9 Å². The van der Waals surface area contributed by atoms with Crippen molar-refractivity contribution in [3.8, 4) is 0 Å². The summed E-state index contributed by atoms with van der Waals surface area (Å²) in [6.45, 7) is 1.58. The molecule has 0 aliphatic carbocycles. The van der Waals surface area contributed by atoms with Gasteiger partial charge in [0.15, 0.2) is 0 Å². The van der Waals surface area contributed by atoms with Crippen LogP contribution in [0.3, 0.4) is 0 Å². The molecule has 0 saturated carbocycles. The number of halogens is 1. The third-order valence-electron chi connectivity index (χ3n) is 3.31. The van der Waals surface area contributed by atoms with E-state index in [0.717, 1.165) is 6.42 Å². The first-order chi connectivity index (χ1) is 9.06. The summed E-state index contributed by atoms with van der Waals surface area (Å²) in [4.78, 5) is 12.1. The summed E-state index contributed by atoms with van der Waals surface area (Å²) >= 11 is 3.34. The Kier molecular flexibility index (Phi) is 4.44. The average molecular weight is 329 g/mol. The molecule has 5 nitrogen and oxygen atoms in total. The molecule has 1 fully saturated rings. The molecular formula is C13H17BrN2O3. The number of nitrogens with one attached hydrogen (secondary N) is 1. The lowest BCUT2D eigenvalue weighted by Crippen LogP contribution is -2.45. The van der Waals surface area contributed by atoms with E-state index in [9.17, 15) is 4.79 Å². The minimum absolute atomic E-state index is 0.178. The third kappa shape index (κ3) is 3.26. The van der Waals surface area contributed by atoms with Crippen LogP contribution in [0.1, 0.15) is 16.8 Å². The number of rotatable bonds is 4. The number of carbonyl (C=O) groups is 1. The van der Waals surface area contributed by atoms with Crippen molar-refractivity contribution in [1.82, 2.24) is 5.32 Å². The Balaban J connectivity index is 2.03. The van der Waals surface area contributed by atoms with Crippen LogP contribution in [0, 0.1) is 0 Å². The number of hydrogen-bond acceptors (Lipinski definition) is 4. The summed E-state index contributed by atoms with van der Waals surface area (Å²) in [5, 5.41) is 2.87. The molecule has 1 atom stereocenters. The van der Waals surface area contributed by atoms with E-state index in [1.165, 1.54) is 0 Å². The van der Waals surface area contributed by atoms with Crippen molar-refractivity contribution in [3.05, 3.63) is 28.2 Å². The Morgan fingerprint density at radius 2 is 2.42 bits per heavy atom. The van der Waals surface area contributed by atoms with E-state index in [0.29, 0.717) is 35.5 Å². The summed E-state index contributed by atoms with van der Waals surface area (Å²) in [5.41, 5.74) is 6.35. The molecule has 1 amide bonds. The lowest BCUT2D eigenvalue weighted by Gasteiger charge is -2.26. The van der Waals surface area contributed by atoms with Crippen molar-refractivity contribution >= 4 is 27.5 Å². The van der Waals surface area contributed by atoms with Crippen LogP contribution in [0.25, 0.3) is 0 Å². The number of amides is 1. The molecule has 3 N–H and O–H groups in total. The van der Waals surface area contributed by atoms with Crippen molar-refractivity contribution in [1.29, 1.82) is 0 Å². The largest absolute Gasteiger partial charge is 0.399 e. The van der Waals surface area contributed by atoms with Crippen molar-refractivity contribution < 1.29 is 14.3 Å². The summed E-state index contributed by atoms with van der Waals surface area (Å²) in [6.07, 6.45) is 0.780. The number of nitrogen functional groups attached to an aromatic ring is 1. The van der Waals surface area contributed by atoms with Gasteiger partial charge in [0, 0.05) is 36.8 Å². The lowest BCUT2D eigenvalue weighted by molar-refractivity contribution is -0.0148. The van der Waals surface area contributed by atoms with E-state index in [-0.39, 0.29) is 5.91 Å². The van der Waals surface area contributed by atoms with Gasteiger partial charge in [0.25, 0.3) is 5.91 Å². The van der Waals surface area contributed by atoms with Gasteiger partial charge in [-0.05, 0) is 34.1 Å². The normalized spacial score (nSPS) is 22.4. The van der Waals surface area contributed by atoms with Gasteiger partial charge in [0.2, 0.25) is 0 Å². The molecule has 1 unspecified atom stereocenters. The first kappa shape index (κ1) is 14.3. The van der Waals surface area contributed by atoms with Crippen molar-refractivity contribution in [2.75, 3.05) is 32.6 Å². The molecule has 0 bridgehead atoms. The number of hydrogen-bond donors (Lipinski definition) is 2. The fourth-order valence-electron chi connectivity index (χ4n) is 2.01. The highest BCUT2D eigenvalue weighted by Gasteiger charge is 2.35.